The van der Waals surface area contributed by atoms with Gasteiger partial charge in [-0.05, 0) is 56.2 Å². The van der Waals surface area contributed by atoms with Crippen LogP contribution < -0.4 is 4.74 Å². The predicted molar refractivity (Wildman–Crippen MR) is 79.1 cm³/mol. The maximum absolute atomic E-state index is 11.3. The van der Waals surface area contributed by atoms with Crippen molar-refractivity contribution in [2.45, 2.75) is 20.8 Å². The fourth-order valence-electron chi connectivity index (χ4n) is 1.87. The Balaban J connectivity index is 2.41. The Morgan fingerprint density at radius 2 is 1.81 bits per heavy atom. The number of ether oxygens (including phenoxy) is 1. The summed E-state index contributed by atoms with van der Waals surface area (Å²) in [6.07, 6.45) is 0. The van der Waals surface area contributed by atoms with E-state index in [1.807, 2.05) is 26.0 Å². The van der Waals surface area contributed by atoms with E-state index in [4.69, 9.17) is 4.74 Å². The highest BCUT2D eigenvalue weighted by Crippen LogP contribution is 2.32. The molecule has 5 heteroatoms. The molecule has 0 aromatic heterocycles. The molecule has 0 spiro atoms. The van der Waals surface area contributed by atoms with Gasteiger partial charge in [0, 0.05) is 11.6 Å². The van der Waals surface area contributed by atoms with Crippen molar-refractivity contribution in [3.8, 4) is 11.5 Å². The van der Waals surface area contributed by atoms with Crippen molar-refractivity contribution < 1.29 is 14.5 Å². The largest absolute Gasteiger partial charge is 0.450 e. The van der Waals surface area contributed by atoms with Crippen LogP contribution in [0.3, 0.4) is 0 Å². The van der Waals surface area contributed by atoms with Crippen LogP contribution >= 0.6 is 0 Å². The average molecular weight is 285 g/mol. The van der Waals surface area contributed by atoms with Crippen molar-refractivity contribution in [2.75, 3.05) is 0 Å². The fourth-order valence-corrected chi connectivity index (χ4v) is 1.87. The number of nitro benzene ring substituents is 1. The first-order valence-corrected chi connectivity index (χ1v) is 6.43. The Hall–Kier alpha value is -2.69. The third-order valence-corrected chi connectivity index (χ3v) is 3.27. The highest BCUT2D eigenvalue weighted by molar-refractivity contribution is 5.95. The number of carbonyl (C=O) groups excluding carboxylic acids is 1. The van der Waals surface area contributed by atoms with Crippen LogP contribution in [0.4, 0.5) is 5.69 Å². The molecule has 0 aliphatic carbocycles. The lowest BCUT2D eigenvalue weighted by molar-refractivity contribution is -0.385. The zero-order valence-corrected chi connectivity index (χ0v) is 12.0. The number of rotatable bonds is 4. The molecule has 2 aromatic rings. The normalized spacial score (nSPS) is 10.2. The minimum Gasteiger partial charge on any atom is -0.450 e. The van der Waals surface area contributed by atoms with Crippen LogP contribution in [-0.4, -0.2) is 10.7 Å². The van der Waals surface area contributed by atoms with E-state index in [-0.39, 0.29) is 22.8 Å². The number of aryl methyl sites for hydroxylation is 2. The van der Waals surface area contributed by atoms with Gasteiger partial charge in [-0.1, -0.05) is 6.07 Å². The van der Waals surface area contributed by atoms with Crippen LogP contribution in [-0.2, 0) is 0 Å². The molecule has 21 heavy (non-hydrogen) atoms. The van der Waals surface area contributed by atoms with Crippen molar-refractivity contribution in [3.63, 3.8) is 0 Å². The highest BCUT2D eigenvalue weighted by Gasteiger charge is 2.18. The molecular formula is C16H15NO4. The molecule has 0 unspecified atom stereocenters. The summed E-state index contributed by atoms with van der Waals surface area (Å²) in [5.74, 6) is 0.417. The molecule has 2 rings (SSSR count). The molecule has 0 aliphatic rings. The van der Waals surface area contributed by atoms with E-state index in [1.54, 1.807) is 6.07 Å². The Labute approximate surface area is 122 Å². The number of hydrogen-bond donors (Lipinski definition) is 0. The lowest BCUT2D eigenvalue weighted by atomic mass is 10.1. The maximum atomic E-state index is 11.3. The second-order valence-electron chi connectivity index (χ2n) is 4.84. The second kappa shape index (κ2) is 5.75. The van der Waals surface area contributed by atoms with Crippen LogP contribution in [0.1, 0.15) is 28.4 Å². The third-order valence-electron chi connectivity index (χ3n) is 3.27. The molecule has 0 amide bonds. The summed E-state index contributed by atoms with van der Waals surface area (Å²) in [5.41, 5.74) is 2.22. The van der Waals surface area contributed by atoms with E-state index in [0.29, 0.717) is 5.75 Å². The van der Waals surface area contributed by atoms with Gasteiger partial charge in [0.15, 0.2) is 5.78 Å². The molecule has 108 valence electrons. The SMILES string of the molecule is CC(=O)c1ccc(Oc2ccc(C)c(C)c2)c([N+](=O)[O-])c1. The van der Waals surface area contributed by atoms with Gasteiger partial charge in [0.1, 0.15) is 5.75 Å². The number of benzene rings is 2. The molecule has 2 aromatic carbocycles. The van der Waals surface area contributed by atoms with Gasteiger partial charge >= 0.3 is 5.69 Å². The zero-order chi connectivity index (χ0) is 15.6. The zero-order valence-electron chi connectivity index (χ0n) is 12.0. The van der Waals surface area contributed by atoms with E-state index in [1.165, 1.54) is 25.1 Å². The Morgan fingerprint density at radius 1 is 1.10 bits per heavy atom. The number of ketones is 1. The first kappa shape index (κ1) is 14.7. The van der Waals surface area contributed by atoms with Gasteiger partial charge in [0.2, 0.25) is 5.75 Å². The minimum atomic E-state index is -0.553. The van der Waals surface area contributed by atoms with Crippen LogP contribution in [0.5, 0.6) is 11.5 Å². The van der Waals surface area contributed by atoms with Gasteiger partial charge in [-0.3, -0.25) is 14.9 Å². The Kier molecular flexibility index (Phi) is 4.03. The highest BCUT2D eigenvalue weighted by atomic mass is 16.6. The van der Waals surface area contributed by atoms with Crippen molar-refractivity contribution in [2.24, 2.45) is 0 Å². The van der Waals surface area contributed by atoms with Gasteiger partial charge in [-0.2, -0.15) is 0 Å². The first-order chi connectivity index (χ1) is 9.88. The number of nitro groups is 1. The summed E-state index contributed by atoms with van der Waals surface area (Å²) in [5, 5.41) is 11.1. The van der Waals surface area contributed by atoms with Crippen molar-refractivity contribution >= 4 is 11.5 Å². The molecule has 0 radical (unpaired) electrons. The van der Waals surface area contributed by atoms with Gasteiger partial charge in [0.25, 0.3) is 0 Å². The summed E-state index contributed by atoms with van der Waals surface area (Å²) in [6, 6.07) is 9.66. The first-order valence-electron chi connectivity index (χ1n) is 6.43. The molecule has 0 N–H and O–H groups in total. The summed E-state index contributed by atoms with van der Waals surface area (Å²) >= 11 is 0. The minimum absolute atomic E-state index is 0.119. The van der Waals surface area contributed by atoms with Crippen molar-refractivity contribution in [3.05, 3.63) is 63.2 Å². The number of hydrogen-bond acceptors (Lipinski definition) is 4. The van der Waals surface area contributed by atoms with Gasteiger partial charge in [-0.25, -0.2) is 0 Å². The lowest BCUT2D eigenvalue weighted by Crippen LogP contribution is -1.98. The quantitative estimate of drug-likeness (QED) is 0.479. The van der Waals surface area contributed by atoms with E-state index in [2.05, 4.69) is 0 Å². The maximum Gasteiger partial charge on any atom is 0.312 e. The molecule has 5 nitrogen and oxygen atoms in total. The molecule has 0 saturated carbocycles. The van der Waals surface area contributed by atoms with Gasteiger partial charge in [0.05, 0.1) is 4.92 Å². The number of Topliss-reactive ketones (excluding diaryl/α,β-unsaturated/α-hetero) is 1. The van der Waals surface area contributed by atoms with E-state index in [9.17, 15) is 14.9 Å². The Bertz CT molecular complexity index is 722. The van der Waals surface area contributed by atoms with Crippen LogP contribution in [0.2, 0.25) is 0 Å². The number of nitrogens with zero attached hydrogens (tertiary/aromatic N) is 1. The van der Waals surface area contributed by atoms with E-state index in [0.717, 1.165) is 11.1 Å². The average Bonchev–Trinajstić information content (AvgIpc) is 2.43. The summed E-state index contributed by atoms with van der Waals surface area (Å²) < 4.78 is 5.59. The van der Waals surface area contributed by atoms with Crippen LogP contribution in [0, 0.1) is 24.0 Å². The van der Waals surface area contributed by atoms with Crippen molar-refractivity contribution in [1.82, 2.24) is 0 Å². The molecule has 0 aliphatic heterocycles. The smallest absolute Gasteiger partial charge is 0.312 e. The third kappa shape index (κ3) is 3.25. The summed E-state index contributed by atoms with van der Waals surface area (Å²) in [4.78, 5) is 21.9. The van der Waals surface area contributed by atoms with E-state index < -0.39 is 4.92 Å². The fraction of sp³-hybridized carbons (Fsp3) is 0.188. The second-order valence-corrected chi connectivity index (χ2v) is 4.84. The Morgan fingerprint density at radius 3 is 2.38 bits per heavy atom. The van der Waals surface area contributed by atoms with Gasteiger partial charge in [-0.15, -0.1) is 0 Å². The molecule has 0 atom stereocenters. The van der Waals surface area contributed by atoms with E-state index >= 15 is 0 Å². The monoisotopic (exact) mass is 285 g/mol. The van der Waals surface area contributed by atoms with Crippen LogP contribution in [0.15, 0.2) is 36.4 Å². The molecule has 0 saturated heterocycles. The van der Waals surface area contributed by atoms with Gasteiger partial charge < -0.3 is 4.74 Å². The molecular weight excluding hydrogens is 270 g/mol. The standard InChI is InChI=1S/C16H15NO4/c1-10-4-6-14(8-11(10)2)21-16-7-5-13(12(3)18)9-15(16)17(19)20/h4-9H,1-3H3. The summed E-state index contributed by atoms with van der Waals surface area (Å²) in [7, 11) is 0. The molecule has 0 fully saturated rings. The molecule has 0 bridgehead atoms. The molecule has 0 heterocycles. The lowest BCUT2D eigenvalue weighted by Gasteiger charge is -2.09. The number of carbonyl (C=O) groups is 1. The summed E-state index contributed by atoms with van der Waals surface area (Å²) in [6.45, 7) is 5.28. The van der Waals surface area contributed by atoms with Crippen molar-refractivity contribution in [1.29, 1.82) is 0 Å². The predicted octanol–water partition coefficient (Wildman–Crippen LogP) is 4.21. The topological polar surface area (TPSA) is 69.4 Å². The van der Waals surface area contributed by atoms with Crippen LogP contribution in [0.25, 0.3) is 0 Å².